The fourth-order valence-electron chi connectivity index (χ4n) is 1.98. The smallest absolute Gasteiger partial charge is 0.259 e. The molecule has 5 heteroatoms. The van der Waals surface area contributed by atoms with Crippen molar-refractivity contribution in [1.82, 2.24) is 9.97 Å². The Hall–Kier alpha value is -1.91. The van der Waals surface area contributed by atoms with Gasteiger partial charge in [-0.1, -0.05) is 29.8 Å². The van der Waals surface area contributed by atoms with E-state index in [1.165, 1.54) is 0 Å². The number of aromatic nitrogens is 2. The van der Waals surface area contributed by atoms with E-state index in [-0.39, 0.29) is 5.56 Å². The van der Waals surface area contributed by atoms with Gasteiger partial charge in [0, 0.05) is 4.88 Å². The summed E-state index contributed by atoms with van der Waals surface area (Å²) in [5, 5.41) is 2.97. The maximum Gasteiger partial charge on any atom is 0.259 e. The van der Waals surface area contributed by atoms with Gasteiger partial charge >= 0.3 is 0 Å². The molecule has 3 nitrogen and oxygen atoms in total. The lowest BCUT2D eigenvalue weighted by molar-refractivity contribution is 1.13. The number of thiophene rings is 1. The van der Waals surface area contributed by atoms with Crippen LogP contribution < -0.4 is 5.56 Å². The molecule has 0 aliphatic heterocycles. The summed E-state index contributed by atoms with van der Waals surface area (Å²) in [5.41, 5.74) is 1.46. The molecule has 0 radical (unpaired) electrons. The van der Waals surface area contributed by atoms with Gasteiger partial charge < -0.3 is 4.98 Å². The number of halogens is 1. The SMILES string of the molecule is Cc1cccc2c(=O)[nH]c(/C(Cl)=C/c3cccs3)nc12. The van der Waals surface area contributed by atoms with Crippen LogP contribution in [0, 0.1) is 6.92 Å². The Morgan fingerprint density at radius 1 is 1.35 bits per heavy atom. The van der Waals surface area contributed by atoms with E-state index in [0.717, 1.165) is 10.4 Å². The second-order valence-corrected chi connectivity index (χ2v) is 5.78. The van der Waals surface area contributed by atoms with Gasteiger partial charge in [0.2, 0.25) is 0 Å². The minimum absolute atomic E-state index is 0.175. The highest BCUT2D eigenvalue weighted by Crippen LogP contribution is 2.22. The first-order valence-electron chi connectivity index (χ1n) is 6.06. The van der Waals surface area contributed by atoms with E-state index >= 15 is 0 Å². The molecule has 2 heterocycles. The van der Waals surface area contributed by atoms with Crippen molar-refractivity contribution >= 4 is 44.9 Å². The van der Waals surface area contributed by atoms with Gasteiger partial charge in [0.25, 0.3) is 5.56 Å². The van der Waals surface area contributed by atoms with Gasteiger partial charge in [0.05, 0.1) is 15.9 Å². The molecule has 0 atom stereocenters. The van der Waals surface area contributed by atoms with E-state index in [0.29, 0.717) is 21.8 Å². The van der Waals surface area contributed by atoms with Gasteiger partial charge in [-0.3, -0.25) is 4.79 Å². The van der Waals surface area contributed by atoms with Crippen LogP contribution in [0.4, 0.5) is 0 Å². The molecule has 0 fully saturated rings. The maximum atomic E-state index is 12.1. The number of aromatic amines is 1. The summed E-state index contributed by atoms with van der Waals surface area (Å²) in [7, 11) is 0. The van der Waals surface area contributed by atoms with Crippen LogP contribution in [0.3, 0.4) is 0 Å². The molecule has 2 aromatic heterocycles. The predicted molar refractivity (Wildman–Crippen MR) is 85.1 cm³/mol. The van der Waals surface area contributed by atoms with Crippen molar-refractivity contribution in [3.63, 3.8) is 0 Å². The molecule has 0 saturated heterocycles. The molecule has 0 aliphatic rings. The standard InChI is InChI=1S/C15H11ClN2OS/c1-9-4-2-6-11-13(9)17-14(18-15(11)19)12(16)8-10-5-3-7-20-10/h2-8H,1H3,(H,17,18,19)/b12-8-. The van der Waals surface area contributed by atoms with Crippen molar-refractivity contribution in [3.05, 3.63) is 62.3 Å². The summed E-state index contributed by atoms with van der Waals surface area (Å²) in [6.45, 7) is 1.93. The number of nitrogens with zero attached hydrogens (tertiary/aromatic N) is 1. The van der Waals surface area contributed by atoms with E-state index < -0.39 is 0 Å². The van der Waals surface area contributed by atoms with Crippen LogP contribution in [0.15, 0.2) is 40.5 Å². The van der Waals surface area contributed by atoms with Gasteiger partial charge in [-0.05, 0) is 36.1 Å². The van der Waals surface area contributed by atoms with Gasteiger partial charge in [-0.15, -0.1) is 11.3 Å². The first-order valence-corrected chi connectivity index (χ1v) is 7.31. The van der Waals surface area contributed by atoms with Crippen molar-refractivity contribution in [1.29, 1.82) is 0 Å². The van der Waals surface area contributed by atoms with E-state index in [1.54, 1.807) is 23.5 Å². The van der Waals surface area contributed by atoms with Crippen molar-refractivity contribution in [2.45, 2.75) is 6.92 Å². The van der Waals surface area contributed by atoms with Crippen molar-refractivity contribution in [2.24, 2.45) is 0 Å². The third-order valence-corrected chi connectivity index (χ3v) is 4.08. The zero-order valence-corrected chi connectivity index (χ0v) is 12.3. The van der Waals surface area contributed by atoms with E-state index in [9.17, 15) is 4.79 Å². The molecular formula is C15H11ClN2OS. The molecule has 1 aromatic carbocycles. The average molecular weight is 303 g/mol. The summed E-state index contributed by atoms with van der Waals surface area (Å²) in [4.78, 5) is 20.3. The van der Waals surface area contributed by atoms with E-state index in [1.807, 2.05) is 36.6 Å². The molecule has 1 N–H and O–H groups in total. The van der Waals surface area contributed by atoms with Crippen LogP contribution in [0.5, 0.6) is 0 Å². The topological polar surface area (TPSA) is 45.8 Å². The number of aryl methyl sites for hydroxylation is 1. The molecular weight excluding hydrogens is 292 g/mol. The van der Waals surface area contributed by atoms with Crippen LogP contribution in [0.1, 0.15) is 16.3 Å². The van der Waals surface area contributed by atoms with Crippen LogP contribution in [0.25, 0.3) is 22.0 Å². The van der Waals surface area contributed by atoms with Crippen LogP contribution in [0.2, 0.25) is 0 Å². The maximum absolute atomic E-state index is 12.1. The third-order valence-electron chi connectivity index (χ3n) is 2.98. The highest BCUT2D eigenvalue weighted by molar-refractivity contribution is 7.11. The Morgan fingerprint density at radius 2 is 2.20 bits per heavy atom. The molecule has 0 unspecified atom stereocenters. The molecule has 0 amide bonds. The van der Waals surface area contributed by atoms with E-state index in [4.69, 9.17) is 11.6 Å². The lowest BCUT2D eigenvalue weighted by atomic mass is 10.1. The number of para-hydroxylation sites is 1. The highest BCUT2D eigenvalue weighted by atomic mass is 35.5. The van der Waals surface area contributed by atoms with Crippen LogP contribution in [-0.4, -0.2) is 9.97 Å². The zero-order chi connectivity index (χ0) is 14.1. The Bertz CT molecular complexity index is 850. The van der Waals surface area contributed by atoms with Gasteiger partial charge in [-0.2, -0.15) is 0 Å². The number of benzene rings is 1. The third kappa shape index (κ3) is 2.40. The molecule has 20 heavy (non-hydrogen) atoms. The Kier molecular flexibility index (Phi) is 3.42. The molecule has 100 valence electrons. The van der Waals surface area contributed by atoms with Crippen LogP contribution in [-0.2, 0) is 0 Å². The molecule has 0 saturated carbocycles. The molecule has 0 bridgehead atoms. The number of nitrogens with one attached hydrogen (secondary N) is 1. The number of fused-ring (bicyclic) bond motifs is 1. The summed E-state index contributed by atoms with van der Waals surface area (Å²) >= 11 is 7.83. The average Bonchev–Trinajstić information content (AvgIpc) is 2.92. The largest absolute Gasteiger partial charge is 0.305 e. The van der Waals surface area contributed by atoms with Gasteiger partial charge in [0.15, 0.2) is 5.82 Å². The lowest BCUT2D eigenvalue weighted by Gasteiger charge is -2.04. The number of rotatable bonds is 2. The summed E-state index contributed by atoms with van der Waals surface area (Å²) in [6, 6.07) is 9.43. The van der Waals surface area contributed by atoms with Crippen molar-refractivity contribution in [2.75, 3.05) is 0 Å². The molecule has 3 rings (SSSR count). The number of hydrogen-bond acceptors (Lipinski definition) is 3. The van der Waals surface area contributed by atoms with Gasteiger partial charge in [-0.25, -0.2) is 4.98 Å². The molecule has 0 aliphatic carbocycles. The van der Waals surface area contributed by atoms with Crippen LogP contribution >= 0.6 is 22.9 Å². The molecule has 3 aromatic rings. The minimum atomic E-state index is -0.175. The highest BCUT2D eigenvalue weighted by Gasteiger charge is 2.08. The second-order valence-electron chi connectivity index (χ2n) is 4.39. The van der Waals surface area contributed by atoms with Crippen molar-refractivity contribution < 1.29 is 0 Å². The summed E-state index contributed by atoms with van der Waals surface area (Å²) in [6.07, 6.45) is 1.80. The fraction of sp³-hybridized carbons (Fsp3) is 0.0667. The van der Waals surface area contributed by atoms with Crippen molar-refractivity contribution in [3.8, 4) is 0 Å². The summed E-state index contributed by atoms with van der Waals surface area (Å²) in [5.74, 6) is 0.395. The normalized spacial score (nSPS) is 12.0. The number of H-pyrrole nitrogens is 1. The number of hydrogen-bond donors (Lipinski definition) is 1. The Morgan fingerprint density at radius 3 is 2.95 bits per heavy atom. The lowest BCUT2D eigenvalue weighted by Crippen LogP contribution is -2.11. The second kappa shape index (κ2) is 5.23. The Labute approximate surface area is 124 Å². The first-order chi connectivity index (χ1) is 9.65. The fourth-order valence-corrected chi connectivity index (χ4v) is 2.91. The Balaban J connectivity index is 2.18. The summed E-state index contributed by atoms with van der Waals surface area (Å²) < 4.78 is 0. The quantitative estimate of drug-likeness (QED) is 0.777. The first kappa shape index (κ1) is 13.1. The predicted octanol–water partition coefficient (Wildman–Crippen LogP) is 4.03. The minimum Gasteiger partial charge on any atom is -0.305 e. The molecule has 0 spiro atoms. The zero-order valence-electron chi connectivity index (χ0n) is 10.7. The van der Waals surface area contributed by atoms with Gasteiger partial charge in [0.1, 0.15) is 0 Å². The monoisotopic (exact) mass is 302 g/mol. The van der Waals surface area contributed by atoms with E-state index in [2.05, 4.69) is 9.97 Å².